The molecule has 1 atom stereocenters. The molecule has 0 saturated heterocycles. The van der Waals surface area contributed by atoms with Gasteiger partial charge in [-0.1, -0.05) is 29.9 Å². The number of carbonyl (C=O) groups is 1. The Bertz CT molecular complexity index is 845. The maximum Gasteiger partial charge on any atom is 0.253 e. The molecular formula is C14H14ClN7OS. The van der Waals surface area contributed by atoms with Crippen molar-refractivity contribution in [1.82, 2.24) is 30.4 Å². The maximum atomic E-state index is 12.4. The lowest BCUT2D eigenvalue weighted by Crippen LogP contribution is -2.27. The van der Waals surface area contributed by atoms with Gasteiger partial charge in [0.25, 0.3) is 5.91 Å². The van der Waals surface area contributed by atoms with Crippen LogP contribution in [0.15, 0.2) is 24.3 Å². The average Bonchev–Trinajstić information content (AvgIpc) is 3.18. The number of hydrogen-bond acceptors (Lipinski definition) is 7. The molecule has 3 rings (SSSR count). The van der Waals surface area contributed by atoms with E-state index in [1.54, 1.807) is 24.3 Å². The van der Waals surface area contributed by atoms with E-state index in [1.165, 1.54) is 16.1 Å². The standard InChI is InChI=1S/C14H14ClN7OS/c1-3-11(13(23)16-14-19-17-8(2)24-14)22-20-12(18-21-22)9-4-6-10(15)7-5-9/h4-7,11H,3H2,1-2H3,(H,16,19,23). The van der Waals surface area contributed by atoms with Crippen molar-refractivity contribution in [1.29, 1.82) is 0 Å². The zero-order valence-electron chi connectivity index (χ0n) is 13.0. The van der Waals surface area contributed by atoms with E-state index in [0.717, 1.165) is 10.6 Å². The number of rotatable bonds is 5. The smallest absolute Gasteiger partial charge is 0.253 e. The highest BCUT2D eigenvalue weighted by atomic mass is 35.5. The fraction of sp³-hybridized carbons (Fsp3) is 0.286. The summed E-state index contributed by atoms with van der Waals surface area (Å²) in [5.41, 5.74) is 0.778. The minimum atomic E-state index is -0.581. The summed E-state index contributed by atoms with van der Waals surface area (Å²) >= 11 is 7.18. The summed E-state index contributed by atoms with van der Waals surface area (Å²) in [6.07, 6.45) is 0.514. The number of amides is 1. The summed E-state index contributed by atoms with van der Waals surface area (Å²) in [7, 11) is 0. The van der Waals surface area contributed by atoms with Crippen molar-refractivity contribution < 1.29 is 4.79 Å². The third-order valence-electron chi connectivity index (χ3n) is 3.25. The first-order valence-electron chi connectivity index (χ1n) is 7.23. The number of anilines is 1. The molecule has 24 heavy (non-hydrogen) atoms. The predicted molar refractivity (Wildman–Crippen MR) is 90.9 cm³/mol. The van der Waals surface area contributed by atoms with Gasteiger partial charge in [0.15, 0.2) is 6.04 Å². The van der Waals surface area contributed by atoms with E-state index in [4.69, 9.17) is 11.6 Å². The highest BCUT2D eigenvalue weighted by Crippen LogP contribution is 2.20. The molecule has 1 unspecified atom stereocenters. The Kier molecular flexibility index (Phi) is 4.81. The normalized spacial score (nSPS) is 12.1. The number of nitrogens with one attached hydrogen (secondary N) is 1. The van der Waals surface area contributed by atoms with Crippen LogP contribution in [0.3, 0.4) is 0 Å². The summed E-state index contributed by atoms with van der Waals surface area (Å²) in [4.78, 5) is 13.7. The van der Waals surface area contributed by atoms with Crippen LogP contribution in [0.2, 0.25) is 5.02 Å². The molecule has 3 aromatic rings. The molecule has 0 saturated carbocycles. The molecule has 0 fully saturated rings. The van der Waals surface area contributed by atoms with Crippen molar-refractivity contribution in [2.45, 2.75) is 26.3 Å². The highest BCUT2D eigenvalue weighted by Gasteiger charge is 2.23. The van der Waals surface area contributed by atoms with Crippen LogP contribution in [0.25, 0.3) is 11.4 Å². The van der Waals surface area contributed by atoms with Crippen LogP contribution in [-0.4, -0.2) is 36.3 Å². The van der Waals surface area contributed by atoms with Gasteiger partial charge in [0, 0.05) is 10.6 Å². The average molecular weight is 364 g/mol. The van der Waals surface area contributed by atoms with Gasteiger partial charge in [-0.3, -0.25) is 10.1 Å². The van der Waals surface area contributed by atoms with E-state index in [1.807, 2.05) is 13.8 Å². The van der Waals surface area contributed by atoms with E-state index >= 15 is 0 Å². The van der Waals surface area contributed by atoms with Gasteiger partial charge in [0.05, 0.1) is 0 Å². The molecule has 0 bridgehead atoms. The molecule has 0 aliphatic carbocycles. The van der Waals surface area contributed by atoms with Crippen LogP contribution >= 0.6 is 22.9 Å². The molecule has 0 aliphatic heterocycles. The Balaban J connectivity index is 1.78. The number of tetrazole rings is 1. The molecule has 1 aromatic carbocycles. The topological polar surface area (TPSA) is 98.5 Å². The molecule has 10 heteroatoms. The van der Waals surface area contributed by atoms with Crippen molar-refractivity contribution in [2.75, 3.05) is 5.32 Å². The largest absolute Gasteiger partial charge is 0.299 e. The third-order valence-corrected chi connectivity index (χ3v) is 4.26. The predicted octanol–water partition coefficient (Wildman–Crippen LogP) is 2.74. The van der Waals surface area contributed by atoms with Crippen molar-refractivity contribution in [3.05, 3.63) is 34.3 Å². The molecule has 8 nitrogen and oxygen atoms in total. The van der Waals surface area contributed by atoms with Gasteiger partial charge in [-0.2, -0.15) is 4.80 Å². The first-order chi connectivity index (χ1) is 11.6. The molecule has 0 spiro atoms. The van der Waals surface area contributed by atoms with E-state index in [-0.39, 0.29) is 5.91 Å². The summed E-state index contributed by atoms with van der Waals surface area (Å²) in [5, 5.41) is 24.7. The minimum Gasteiger partial charge on any atom is -0.299 e. The minimum absolute atomic E-state index is 0.256. The number of aromatic nitrogens is 6. The first kappa shape index (κ1) is 16.5. The highest BCUT2D eigenvalue weighted by molar-refractivity contribution is 7.15. The lowest BCUT2D eigenvalue weighted by Gasteiger charge is -2.11. The third kappa shape index (κ3) is 3.57. The Morgan fingerprint density at radius 3 is 2.67 bits per heavy atom. The Morgan fingerprint density at radius 2 is 2.04 bits per heavy atom. The summed E-state index contributed by atoms with van der Waals surface area (Å²) in [6.45, 7) is 3.70. The zero-order valence-corrected chi connectivity index (χ0v) is 14.5. The van der Waals surface area contributed by atoms with Crippen LogP contribution in [0.5, 0.6) is 0 Å². The van der Waals surface area contributed by atoms with Gasteiger partial charge >= 0.3 is 0 Å². The molecular weight excluding hydrogens is 350 g/mol. The molecule has 1 amide bonds. The number of halogens is 1. The van der Waals surface area contributed by atoms with Crippen LogP contribution < -0.4 is 5.32 Å². The zero-order chi connectivity index (χ0) is 17.1. The van der Waals surface area contributed by atoms with Crippen molar-refractivity contribution >= 4 is 34.0 Å². The number of benzene rings is 1. The SMILES string of the molecule is CCC(C(=O)Nc1nnc(C)s1)n1nnc(-c2ccc(Cl)cc2)n1. The van der Waals surface area contributed by atoms with Crippen molar-refractivity contribution in [3.8, 4) is 11.4 Å². The second-order valence-corrected chi connectivity index (χ2v) is 6.60. The van der Waals surface area contributed by atoms with Crippen molar-refractivity contribution in [2.24, 2.45) is 0 Å². The van der Waals surface area contributed by atoms with Crippen LogP contribution in [0.4, 0.5) is 5.13 Å². The number of nitrogens with zero attached hydrogens (tertiary/aromatic N) is 6. The molecule has 2 aromatic heterocycles. The summed E-state index contributed by atoms with van der Waals surface area (Å²) in [5.74, 6) is 0.179. The second kappa shape index (κ2) is 7.02. The number of hydrogen-bond donors (Lipinski definition) is 1. The van der Waals surface area contributed by atoms with Crippen LogP contribution in [-0.2, 0) is 4.79 Å². The van der Waals surface area contributed by atoms with Gasteiger partial charge in [-0.15, -0.1) is 20.4 Å². The first-order valence-corrected chi connectivity index (χ1v) is 8.42. The lowest BCUT2D eigenvalue weighted by molar-refractivity contribution is -0.120. The summed E-state index contributed by atoms with van der Waals surface area (Å²) in [6, 6.07) is 6.52. The molecule has 124 valence electrons. The van der Waals surface area contributed by atoms with E-state index in [2.05, 4.69) is 30.9 Å². The maximum absolute atomic E-state index is 12.4. The number of carbonyl (C=O) groups excluding carboxylic acids is 1. The number of aryl methyl sites for hydroxylation is 1. The van der Waals surface area contributed by atoms with Crippen molar-refractivity contribution in [3.63, 3.8) is 0 Å². The van der Waals surface area contributed by atoms with E-state index in [9.17, 15) is 4.79 Å². The van der Waals surface area contributed by atoms with Gasteiger partial charge in [-0.25, -0.2) is 0 Å². The van der Waals surface area contributed by atoms with Crippen LogP contribution in [0.1, 0.15) is 24.4 Å². The van der Waals surface area contributed by atoms with Crippen LogP contribution in [0, 0.1) is 6.92 Å². The Labute approximate surface area is 146 Å². The van der Waals surface area contributed by atoms with Gasteiger partial charge < -0.3 is 0 Å². The quantitative estimate of drug-likeness (QED) is 0.748. The van der Waals surface area contributed by atoms with Gasteiger partial charge in [-0.05, 0) is 42.8 Å². The lowest BCUT2D eigenvalue weighted by atomic mass is 10.2. The second-order valence-electron chi connectivity index (χ2n) is 4.98. The Morgan fingerprint density at radius 1 is 1.29 bits per heavy atom. The fourth-order valence-corrected chi connectivity index (χ4v) is 2.78. The molecule has 0 radical (unpaired) electrons. The molecule has 1 N–H and O–H groups in total. The fourth-order valence-electron chi connectivity index (χ4n) is 2.06. The van der Waals surface area contributed by atoms with Gasteiger partial charge in [0.2, 0.25) is 11.0 Å². The monoisotopic (exact) mass is 363 g/mol. The molecule has 0 aliphatic rings. The van der Waals surface area contributed by atoms with E-state index < -0.39 is 6.04 Å². The van der Waals surface area contributed by atoms with Gasteiger partial charge in [0.1, 0.15) is 5.01 Å². The summed E-state index contributed by atoms with van der Waals surface area (Å²) < 4.78 is 0. The Hall–Kier alpha value is -2.39. The van der Waals surface area contributed by atoms with E-state index in [0.29, 0.717) is 22.4 Å². The molecule has 2 heterocycles.